The molecule has 0 spiro atoms. The first-order valence-corrected chi connectivity index (χ1v) is 5.46. The molecule has 0 aromatic heterocycles. The molecule has 0 radical (unpaired) electrons. The van der Waals surface area contributed by atoms with Crippen LogP contribution in [0.2, 0.25) is 6.32 Å². The molecule has 0 saturated carbocycles. The normalized spacial score (nSPS) is 20.3. The molecular weight excluding hydrogens is 197 g/mol. The number of hydrogen-bond acceptors (Lipinski definition) is 5. The van der Waals surface area contributed by atoms with Crippen LogP contribution in [0.1, 0.15) is 25.7 Å². The molecule has 86 valence electrons. The molecule has 15 heavy (non-hydrogen) atoms. The molecule has 6 heteroatoms. The second kappa shape index (κ2) is 6.82. The number of nitrogens with one attached hydrogen (secondary N) is 1. The van der Waals surface area contributed by atoms with Crippen LogP contribution >= 0.6 is 0 Å². The summed E-state index contributed by atoms with van der Waals surface area (Å²) < 4.78 is 5.04. The van der Waals surface area contributed by atoms with Crippen molar-refractivity contribution in [3.8, 4) is 0 Å². The van der Waals surface area contributed by atoms with Crippen molar-refractivity contribution in [1.29, 1.82) is 0 Å². The van der Waals surface area contributed by atoms with Gasteiger partial charge >= 0.3 is 13.1 Å². The predicted molar refractivity (Wildman–Crippen MR) is 56.2 cm³/mol. The van der Waals surface area contributed by atoms with Crippen LogP contribution in [0.4, 0.5) is 0 Å². The SMILES string of the molecule is O=C(OCCCCB(O)O)C1CCCN1. The number of unbranched alkanes of at least 4 members (excludes halogenated alkanes) is 1. The second-order valence-corrected chi connectivity index (χ2v) is 3.79. The number of carbonyl (C=O) groups excluding carboxylic acids is 1. The number of hydrogen-bond donors (Lipinski definition) is 3. The van der Waals surface area contributed by atoms with Crippen LogP contribution in [-0.2, 0) is 9.53 Å². The third-order valence-electron chi connectivity index (χ3n) is 2.45. The van der Waals surface area contributed by atoms with Gasteiger partial charge in [-0.1, -0.05) is 6.42 Å². The molecule has 1 aliphatic heterocycles. The van der Waals surface area contributed by atoms with E-state index in [1.165, 1.54) is 0 Å². The molecule has 0 amide bonds. The van der Waals surface area contributed by atoms with E-state index in [0.717, 1.165) is 19.4 Å². The van der Waals surface area contributed by atoms with E-state index in [-0.39, 0.29) is 12.0 Å². The Kier molecular flexibility index (Phi) is 5.67. The molecule has 1 rings (SSSR count). The first kappa shape index (κ1) is 12.5. The first-order valence-electron chi connectivity index (χ1n) is 5.46. The molecule has 3 N–H and O–H groups in total. The maximum absolute atomic E-state index is 11.4. The third-order valence-corrected chi connectivity index (χ3v) is 2.45. The van der Waals surface area contributed by atoms with Crippen molar-refractivity contribution in [2.75, 3.05) is 13.2 Å². The minimum Gasteiger partial charge on any atom is -0.465 e. The quantitative estimate of drug-likeness (QED) is 0.317. The van der Waals surface area contributed by atoms with E-state index in [2.05, 4.69) is 5.32 Å². The minimum absolute atomic E-state index is 0.131. The smallest absolute Gasteiger partial charge is 0.451 e. The van der Waals surface area contributed by atoms with Gasteiger partial charge in [0.25, 0.3) is 0 Å². The molecule has 0 aromatic carbocycles. The highest BCUT2D eigenvalue weighted by Gasteiger charge is 2.22. The predicted octanol–water partition coefficient (Wildman–Crippen LogP) is -0.465. The number of ether oxygens (including phenoxy) is 1. The van der Waals surface area contributed by atoms with Gasteiger partial charge < -0.3 is 20.1 Å². The molecule has 1 unspecified atom stereocenters. The summed E-state index contributed by atoms with van der Waals surface area (Å²) in [6.07, 6.45) is 3.54. The lowest BCUT2D eigenvalue weighted by atomic mass is 9.84. The zero-order valence-electron chi connectivity index (χ0n) is 8.82. The molecule has 1 heterocycles. The molecule has 1 atom stereocenters. The van der Waals surface area contributed by atoms with Gasteiger partial charge in [0.05, 0.1) is 6.61 Å². The largest absolute Gasteiger partial charge is 0.465 e. The summed E-state index contributed by atoms with van der Waals surface area (Å²) in [5.74, 6) is -0.183. The highest BCUT2D eigenvalue weighted by molar-refractivity contribution is 6.40. The molecule has 1 aliphatic rings. The third kappa shape index (κ3) is 5.15. The van der Waals surface area contributed by atoms with Gasteiger partial charge in [0.2, 0.25) is 0 Å². The Morgan fingerprint density at radius 2 is 2.27 bits per heavy atom. The van der Waals surface area contributed by atoms with Gasteiger partial charge in [-0.25, -0.2) is 0 Å². The van der Waals surface area contributed by atoms with Crippen LogP contribution in [0, 0.1) is 0 Å². The highest BCUT2D eigenvalue weighted by atomic mass is 16.5. The van der Waals surface area contributed by atoms with Gasteiger partial charge in [0.1, 0.15) is 6.04 Å². The maximum Gasteiger partial charge on any atom is 0.451 e. The Hall–Kier alpha value is -0.585. The number of esters is 1. The standard InChI is InChI=1S/C9H18BNO4/c12-9(8-4-3-6-11-8)15-7-2-1-5-10(13)14/h8,11,13-14H,1-7H2. The van der Waals surface area contributed by atoms with Gasteiger partial charge in [0, 0.05) is 0 Å². The van der Waals surface area contributed by atoms with Crippen LogP contribution in [-0.4, -0.2) is 42.3 Å². The summed E-state index contributed by atoms with van der Waals surface area (Å²) in [4.78, 5) is 11.4. The van der Waals surface area contributed by atoms with Crippen molar-refractivity contribution in [1.82, 2.24) is 5.32 Å². The highest BCUT2D eigenvalue weighted by Crippen LogP contribution is 2.07. The number of carbonyl (C=O) groups is 1. The summed E-state index contributed by atoms with van der Waals surface area (Å²) in [5.41, 5.74) is 0. The first-order chi connectivity index (χ1) is 7.20. The van der Waals surface area contributed by atoms with E-state index >= 15 is 0 Å². The Bertz CT molecular complexity index is 195. The van der Waals surface area contributed by atoms with Crippen LogP contribution in [0.25, 0.3) is 0 Å². The van der Waals surface area contributed by atoms with Crippen molar-refractivity contribution in [3.63, 3.8) is 0 Å². The lowest BCUT2D eigenvalue weighted by molar-refractivity contribution is -0.145. The average molecular weight is 215 g/mol. The van der Waals surface area contributed by atoms with Crippen LogP contribution in [0.3, 0.4) is 0 Å². The summed E-state index contributed by atoms with van der Waals surface area (Å²) in [7, 11) is -1.25. The summed E-state index contributed by atoms with van der Waals surface area (Å²) in [6.45, 7) is 1.25. The Labute approximate surface area is 90.0 Å². The maximum atomic E-state index is 11.4. The fourth-order valence-electron chi connectivity index (χ4n) is 1.59. The lowest BCUT2D eigenvalue weighted by Gasteiger charge is -2.09. The fraction of sp³-hybridized carbons (Fsp3) is 0.889. The van der Waals surface area contributed by atoms with Gasteiger partial charge in [0.15, 0.2) is 0 Å². The van der Waals surface area contributed by atoms with E-state index in [0.29, 0.717) is 25.8 Å². The van der Waals surface area contributed by atoms with Gasteiger partial charge in [-0.05, 0) is 32.1 Å². The Morgan fingerprint density at radius 3 is 2.87 bits per heavy atom. The van der Waals surface area contributed by atoms with Crippen molar-refractivity contribution >= 4 is 13.1 Å². The van der Waals surface area contributed by atoms with Gasteiger partial charge in [-0.2, -0.15) is 0 Å². The van der Waals surface area contributed by atoms with Crippen LogP contribution in [0.15, 0.2) is 0 Å². The molecule has 1 saturated heterocycles. The van der Waals surface area contributed by atoms with E-state index in [1.54, 1.807) is 0 Å². The molecule has 0 aromatic rings. The zero-order chi connectivity index (χ0) is 11.1. The van der Waals surface area contributed by atoms with Gasteiger partial charge in [-0.15, -0.1) is 0 Å². The van der Waals surface area contributed by atoms with Crippen molar-refractivity contribution in [3.05, 3.63) is 0 Å². The topological polar surface area (TPSA) is 78.8 Å². The fourth-order valence-corrected chi connectivity index (χ4v) is 1.59. The van der Waals surface area contributed by atoms with Crippen molar-refractivity contribution in [2.45, 2.75) is 38.0 Å². The summed E-state index contributed by atoms with van der Waals surface area (Å²) in [6, 6.07) is -0.131. The molecule has 5 nitrogen and oxygen atoms in total. The Morgan fingerprint density at radius 1 is 1.47 bits per heavy atom. The van der Waals surface area contributed by atoms with E-state index < -0.39 is 7.12 Å². The molecule has 0 aliphatic carbocycles. The van der Waals surface area contributed by atoms with Crippen LogP contribution < -0.4 is 5.32 Å². The molecular formula is C9H18BNO4. The number of rotatable bonds is 6. The van der Waals surface area contributed by atoms with E-state index in [1.807, 2.05) is 0 Å². The molecule has 1 fully saturated rings. The molecule has 0 bridgehead atoms. The van der Waals surface area contributed by atoms with Crippen LogP contribution in [0.5, 0.6) is 0 Å². The summed E-state index contributed by atoms with van der Waals surface area (Å²) >= 11 is 0. The monoisotopic (exact) mass is 215 g/mol. The Balaban J connectivity index is 1.97. The lowest BCUT2D eigenvalue weighted by Crippen LogP contribution is -2.32. The van der Waals surface area contributed by atoms with E-state index in [4.69, 9.17) is 14.8 Å². The van der Waals surface area contributed by atoms with Gasteiger partial charge in [-0.3, -0.25) is 4.79 Å². The van der Waals surface area contributed by atoms with Crippen molar-refractivity contribution < 1.29 is 19.6 Å². The average Bonchev–Trinajstić information content (AvgIpc) is 2.69. The zero-order valence-corrected chi connectivity index (χ0v) is 8.82. The minimum atomic E-state index is -1.25. The van der Waals surface area contributed by atoms with E-state index in [9.17, 15) is 4.79 Å². The summed E-state index contributed by atoms with van der Waals surface area (Å²) in [5, 5.41) is 20.2. The van der Waals surface area contributed by atoms with Crippen molar-refractivity contribution in [2.24, 2.45) is 0 Å². The second-order valence-electron chi connectivity index (χ2n) is 3.79.